The second kappa shape index (κ2) is 4.29. The van der Waals surface area contributed by atoms with Crippen LogP contribution in [-0.2, 0) is 4.74 Å². The van der Waals surface area contributed by atoms with E-state index in [2.05, 4.69) is 15.9 Å². The van der Waals surface area contributed by atoms with Crippen LogP contribution in [0.25, 0.3) is 0 Å². The summed E-state index contributed by atoms with van der Waals surface area (Å²) in [5.74, 6) is 0.832. The normalized spacial score (nSPS) is 28.3. The van der Waals surface area contributed by atoms with Gasteiger partial charge in [0, 0.05) is 18.5 Å². The van der Waals surface area contributed by atoms with Crippen molar-refractivity contribution < 1.29 is 4.74 Å². The van der Waals surface area contributed by atoms with Crippen molar-refractivity contribution in [2.75, 3.05) is 18.5 Å². The fraction of sp³-hybridized carbons (Fsp3) is 1.00. The van der Waals surface area contributed by atoms with Crippen LogP contribution < -0.4 is 0 Å². The maximum Gasteiger partial charge on any atom is 0.0494 e. The lowest BCUT2D eigenvalue weighted by atomic mass is 10.00. The third kappa shape index (κ3) is 2.67. The highest BCUT2D eigenvalue weighted by molar-refractivity contribution is 9.09. The molecule has 1 saturated heterocycles. The first-order chi connectivity index (χ1) is 4.43. The van der Waals surface area contributed by atoms with Crippen LogP contribution in [0.2, 0.25) is 0 Å². The Kier molecular flexibility index (Phi) is 3.59. The van der Waals surface area contributed by atoms with Gasteiger partial charge in [0.15, 0.2) is 0 Å². The maximum atomic E-state index is 5.31. The fourth-order valence-corrected chi connectivity index (χ4v) is 1.84. The largest absolute Gasteiger partial charge is 0.381 e. The van der Waals surface area contributed by atoms with Crippen LogP contribution in [0.4, 0.5) is 0 Å². The van der Waals surface area contributed by atoms with Gasteiger partial charge in [-0.15, -0.1) is 0 Å². The van der Waals surface area contributed by atoms with Crippen molar-refractivity contribution in [3.05, 3.63) is 0 Å². The summed E-state index contributed by atoms with van der Waals surface area (Å²) in [4.78, 5) is 0. The topological polar surface area (TPSA) is 9.23 Å². The molecule has 0 aromatic heterocycles. The van der Waals surface area contributed by atoms with E-state index in [0.717, 1.165) is 24.5 Å². The first-order valence-corrected chi connectivity index (χ1v) is 4.69. The predicted octanol–water partition coefficient (Wildman–Crippen LogP) is 2.20. The molecule has 0 saturated carbocycles. The molecular weight excluding hydrogens is 180 g/mol. The zero-order valence-corrected chi connectivity index (χ0v) is 7.19. The lowest BCUT2D eigenvalue weighted by Crippen LogP contribution is -2.17. The quantitative estimate of drug-likeness (QED) is 0.611. The van der Waals surface area contributed by atoms with Crippen LogP contribution in [0, 0.1) is 5.92 Å². The molecule has 0 aromatic rings. The number of halogens is 1. The van der Waals surface area contributed by atoms with Gasteiger partial charge in [0.05, 0.1) is 0 Å². The van der Waals surface area contributed by atoms with Gasteiger partial charge in [0.2, 0.25) is 0 Å². The van der Waals surface area contributed by atoms with Gasteiger partial charge in [-0.05, 0) is 25.2 Å². The van der Waals surface area contributed by atoms with E-state index in [9.17, 15) is 0 Å². The van der Waals surface area contributed by atoms with E-state index in [1.54, 1.807) is 0 Å². The van der Waals surface area contributed by atoms with Crippen molar-refractivity contribution in [2.24, 2.45) is 5.92 Å². The third-order valence-corrected chi connectivity index (χ3v) is 2.23. The van der Waals surface area contributed by atoms with Crippen molar-refractivity contribution >= 4 is 15.9 Å². The molecule has 0 spiro atoms. The first-order valence-electron chi connectivity index (χ1n) is 3.57. The molecule has 54 valence electrons. The Morgan fingerprint density at radius 2 is 2.44 bits per heavy atom. The molecule has 0 aromatic carbocycles. The Balaban J connectivity index is 2.08. The number of alkyl halides is 1. The standard InChI is InChI=1S/C7H13BrO/c8-4-3-7-2-1-5-9-6-7/h7H,1-6H2/t7-/m1/s1. The van der Waals surface area contributed by atoms with E-state index in [4.69, 9.17) is 4.74 Å². The minimum Gasteiger partial charge on any atom is -0.381 e. The highest BCUT2D eigenvalue weighted by Crippen LogP contribution is 2.17. The van der Waals surface area contributed by atoms with Crippen molar-refractivity contribution in [3.8, 4) is 0 Å². The molecule has 0 N–H and O–H groups in total. The molecule has 2 heteroatoms. The average molecular weight is 193 g/mol. The lowest BCUT2D eigenvalue weighted by Gasteiger charge is -2.20. The van der Waals surface area contributed by atoms with Crippen LogP contribution in [-0.4, -0.2) is 18.5 Å². The van der Waals surface area contributed by atoms with Crippen LogP contribution in [0.1, 0.15) is 19.3 Å². The second-order valence-corrected chi connectivity index (χ2v) is 3.35. The molecule has 1 fully saturated rings. The zero-order valence-electron chi connectivity index (χ0n) is 5.61. The summed E-state index contributed by atoms with van der Waals surface area (Å²) in [5, 5.41) is 1.13. The van der Waals surface area contributed by atoms with Gasteiger partial charge in [-0.1, -0.05) is 15.9 Å². The second-order valence-electron chi connectivity index (χ2n) is 2.56. The monoisotopic (exact) mass is 192 g/mol. The summed E-state index contributed by atoms with van der Waals surface area (Å²) in [6.07, 6.45) is 3.91. The summed E-state index contributed by atoms with van der Waals surface area (Å²) in [6, 6.07) is 0. The number of hydrogen-bond donors (Lipinski definition) is 0. The van der Waals surface area contributed by atoms with Gasteiger partial charge in [0.25, 0.3) is 0 Å². The molecule has 1 nitrogen and oxygen atoms in total. The van der Waals surface area contributed by atoms with Gasteiger partial charge in [-0.2, -0.15) is 0 Å². The first kappa shape index (κ1) is 7.55. The molecular formula is C7H13BrO. The molecule has 1 atom stereocenters. The minimum absolute atomic E-state index is 0.832. The molecule has 1 rings (SSSR count). The smallest absolute Gasteiger partial charge is 0.0494 e. The van der Waals surface area contributed by atoms with Crippen molar-refractivity contribution in [1.82, 2.24) is 0 Å². The van der Waals surface area contributed by atoms with Gasteiger partial charge >= 0.3 is 0 Å². The van der Waals surface area contributed by atoms with Crippen LogP contribution in [0.3, 0.4) is 0 Å². The van der Waals surface area contributed by atoms with Crippen LogP contribution in [0.5, 0.6) is 0 Å². The molecule has 1 heterocycles. The van der Waals surface area contributed by atoms with E-state index in [-0.39, 0.29) is 0 Å². The maximum absolute atomic E-state index is 5.31. The summed E-state index contributed by atoms with van der Waals surface area (Å²) in [7, 11) is 0. The molecule has 0 aliphatic carbocycles. The molecule has 0 bridgehead atoms. The van der Waals surface area contributed by atoms with Gasteiger partial charge in [-0.3, -0.25) is 0 Å². The Bertz CT molecular complexity index is 66.6. The summed E-state index contributed by atoms with van der Waals surface area (Å²) in [6.45, 7) is 1.98. The highest BCUT2D eigenvalue weighted by Gasteiger charge is 2.11. The van der Waals surface area contributed by atoms with Gasteiger partial charge in [-0.25, -0.2) is 0 Å². The molecule has 1 aliphatic heterocycles. The molecule has 0 amide bonds. The summed E-state index contributed by atoms with van der Waals surface area (Å²) in [5.41, 5.74) is 0. The predicted molar refractivity (Wildman–Crippen MR) is 42.0 cm³/mol. The summed E-state index contributed by atoms with van der Waals surface area (Å²) >= 11 is 3.43. The zero-order chi connectivity index (χ0) is 6.53. The van der Waals surface area contributed by atoms with E-state index < -0.39 is 0 Å². The minimum atomic E-state index is 0.832. The average Bonchev–Trinajstić information content (AvgIpc) is 1.91. The Morgan fingerprint density at radius 3 is 3.00 bits per heavy atom. The molecule has 1 aliphatic rings. The van der Waals surface area contributed by atoms with E-state index in [0.29, 0.717) is 0 Å². The fourth-order valence-electron chi connectivity index (χ4n) is 1.19. The van der Waals surface area contributed by atoms with E-state index in [1.165, 1.54) is 19.3 Å². The Labute approximate surface area is 64.9 Å². The Hall–Kier alpha value is 0.440. The lowest BCUT2D eigenvalue weighted by molar-refractivity contribution is 0.0541. The van der Waals surface area contributed by atoms with Crippen molar-refractivity contribution in [3.63, 3.8) is 0 Å². The molecule has 0 radical (unpaired) electrons. The van der Waals surface area contributed by atoms with E-state index >= 15 is 0 Å². The number of ether oxygens (including phenoxy) is 1. The van der Waals surface area contributed by atoms with Gasteiger partial charge < -0.3 is 4.74 Å². The summed E-state index contributed by atoms with van der Waals surface area (Å²) < 4.78 is 5.31. The van der Waals surface area contributed by atoms with Crippen LogP contribution >= 0.6 is 15.9 Å². The van der Waals surface area contributed by atoms with Crippen molar-refractivity contribution in [2.45, 2.75) is 19.3 Å². The van der Waals surface area contributed by atoms with Crippen LogP contribution in [0.15, 0.2) is 0 Å². The SMILES string of the molecule is BrCC[C@H]1CCCOC1. The Morgan fingerprint density at radius 1 is 1.56 bits per heavy atom. The third-order valence-electron chi connectivity index (χ3n) is 1.77. The van der Waals surface area contributed by atoms with E-state index in [1.807, 2.05) is 0 Å². The van der Waals surface area contributed by atoms with Gasteiger partial charge in [0.1, 0.15) is 0 Å². The molecule has 0 unspecified atom stereocenters. The number of hydrogen-bond acceptors (Lipinski definition) is 1. The van der Waals surface area contributed by atoms with Crippen molar-refractivity contribution in [1.29, 1.82) is 0 Å². The molecule has 9 heavy (non-hydrogen) atoms. The highest BCUT2D eigenvalue weighted by atomic mass is 79.9. The number of rotatable bonds is 2.